The number of benzene rings is 2. The number of aromatic hydroxyl groups is 1. The van der Waals surface area contributed by atoms with E-state index in [-0.39, 0.29) is 11.6 Å². The van der Waals surface area contributed by atoms with E-state index in [1.54, 1.807) is 12.1 Å². The summed E-state index contributed by atoms with van der Waals surface area (Å²) < 4.78 is 13.2. The van der Waals surface area contributed by atoms with Crippen LogP contribution >= 0.6 is 0 Å². The lowest BCUT2D eigenvalue weighted by atomic mass is 9.98. The van der Waals surface area contributed by atoms with Gasteiger partial charge in [0.1, 0.15) is 17.4 Å². The fraction of sp³-hybridized carbons (Fsp3) is 0.304. The molecule has 2 heterocycles. The SMILES string of the molecule is Oc1ccc(-c2nc(C3CC3)nc3c2CN(Cc2ccc(F)cc2)CC3)cc1. The molecule has 0 unspecified atom stereocenters. The molecule has 0 amide bonds. The number of halogens is 1. The smallest absolute Gasteiger partial charge is 0.132 e. The summed E-state index contributed by atoms with van der Waals surface area (Å²) in [5, 5.41) is 9.65. The molecule has 0 radical (unpaired) electrons. The first-order chi connectivity index (χ1) is 13.7. The van der Waals surface area contributed by atoms with E-state index in [9.17, 15) is 9.50 Å². The van der Waals surface area contributed by atoms with E-state index in [1.165, 1.54) is 30.5 Å². The lowest BCUT2D eigenvalue weighted by Crippen LogP contribution is -2.31. The van der Waals surface area contributed by atoms with Crippen LogP contribution in [0.4, 0.5) is 4.39 Å². The van der Waals surface area contributed by atoms with E-state index in [2.05, 4.69) is 4.90 Å². The lowest BCUT2D eigenvalue weighted by molar-refractivity contribution is 0.243. The molecular weight excluding hydrogens is 353 g/mol. The van der Waals surface area contributed by atoms with Crippen LogP contribution in [0.3, 0.4) is 0 Å². The zero-order chi connectivity index (χ0) is 19.1. The Balaban J connectivity index is 1.48. The van der Waals surface area contributed by atoms with Crippen LogP contribution in [0.5, 0.6) is 5.75 Å². The molecule has 2 aliphatic rings. The molecule has 28 heavy (non-hydrogen) atoms. The van der Waals surface area contributed by atoms with Crippen molar-refractivity contribution < 1.29 is 9.50 Å². The quantitative estimate of drug-likeness (QED) is 0.733. The van der Waals surface area contributed by atoms with Crippen LogP contribution in [0, 0.1) is 5.82 Å². The third-order valence-electron chi connectivity index (χ3n) is 5.56. The van der Waals surface area contributed by atoms with Gasteiger partial charge in [-0.05, 0) is 54.8 Å². The largest absolute Gasteiger partial charge is 0.508 e. The van der Waals surface area contributed by atoms with E-state index < -0.39 is 0 Å². The van der Waals surface area contributed by atoms with Crippen molar-refractivity contribution >= 4 is 0 Å². The molecule has 0 bridgehead atoms. The summed E-state index contributed by atoms with van der Waals surface area (Å²) >= 11 is 0. The second-order valence-corrected chi connectivity index (χ2v) is 7.76. The van der Waals surface area contributed by atoms with Gasteiger partial charge in [0.15, 0.2) is 0 Å². The van der Waals surface area contributed by atoms with E-state index in [0.29, 0.717) is 5.92 Å². The molecule has 1 fully saturated rings. The second kappa shape index (κ2) is 6.99. The highest BCUT2D eigenvalue weighted by Crippen LogP contribution is 2.40. The standard InChI is InChI=1S/C23H22FN3O/c24-18-7-1-15(2-8-18)13-27-12-11-21-20(14-27)22(16-5-9-19(28)10-6-16)26-23(25-21)17-3-4-17/h1-2,5-10,17,28H,3-4,11-14H2. The Kier molecular flexibility index (Phi) is 4.32. The van der Waals surface area contributed by atoms with Crippen molar-refractivity contribution in [2.45, 2.75) is 38.3 Å². The van der Waals surface area contributed by atoms with Gasteiger partial charge in [0.25, 0.3) is 0 Å². The van der Waals surface area contributed by atoms with Crippen molar-refractivity contribution in [1.82, 2.24) is 14.9 Å². The fourth-order valence-corrected chi connectivity index (χ4v) is 3.85. The zero-order valence-corrected chi connectivity index (χ0v) is 15.6. The number of nitrogens with zero attached hydrogens (tertiary/aromatic N) is 3. The maximum atomic E-state index is 13.2. The van der Waals surface area contributed by atoms with Crippen LogP contribution in [0.2, 0.25) is 0 Å². The highest BCUT2D eigenvalue weighted by atomic mass is 19.1. The molecule has 0 spiro atoms. The molecule has 2 aromatic carbocycles. The van der Waals surface area contributed by atoms with E-state index in [1.807, 2.05) is 24.3 Å². The van der Waals surface area contributed by atoms with Gasteiger partial charge in [0, 0.05) is 43.1 Å². The maximum absolute atomic E-state index is 13.2. The maximum Gasteiger partial charge on any atom is 0.132 e. The Bertz CT molecular complexity index is 998. The number of hydrogen-bond donors (Lipinski definition) is 1. The Hall–Kier alpha value is -2.79. The van der Waals surface area contributed by atoms with Crippen LogP contribution < -0.4 is 0 Å². The third-order valence-corrected chi connectivity index (χ3v) is 5.56. The lowest BCUT2D eigenvalue weighted by Gasteiger charge is -2.30. The molecule has 4 nitrogen and oxygen atoms in total. The average Bonchev–Trinajstić information content (AvgIpc) is 3.55. The summed E-state index contributed by atoms with van der Waals surface area (Å²) in [5.74, 6) is 1.52. The van der Waals surface area contributed by atoms with Crippen molar-refractivity contribution in [3.63, 3.8) is 0 Å². The predicted molar refractivity (Wildman–Crippen MR) is 105 cm³/mol. The molecule has 5 heteroatoms. The molecule has 142 valence electrons. The number of rotatable bonds is 4. The topological polar surface area (TPSA) is 49.3 Å². The van der Waals surface area contributed by atoms with Crippen LogP contribution in [-0.2, 0) is 19.5 Å². The van der Waals surface area contributed by atoms with Gasteiger partial charge in [-0.1, -0.05) is 12.1 Å². The zero-order valence-electron chi connectivity index (χ0n) is 15.6. The number of phenolic OH excluding ortho intramolecular Hbond substituents is 1. The van der Waals surface area contributed by atoms with Gasteiger partial charge in [0.05, 0.1) is 11.4 Å². The fourth-order valence-electron chi connectivity index (χ4n) is 3.85. The van der Waals surface area contributed by atoms with Gasteiger partial charge in [-0.3, -0.25) is 4.90 Å². The normalized spacial score (nSPS) is 16.8. The summed E-state index contributed by atoms with van der Waals surface area (Å²) in [6.07, 6.45) is 3.23. The number of phenols is 1. The van der Waals surface area contributed by atoms with Gasteiger partial charge in [-0.25, -0.2) is 14.4 Å². The molecule has 1 aromatic heterocycles. The van der Waals surface area contributed by atoms with E-state index in [4.69, 9.17) is 9.97 Å². The molecule has 1 saturated carbocycles. The Labute approximate surface area is 163 Å². The second-order valence-electron chi connectivity index (χ2n) is 7.76. The van der Waals surface area contributed by atoms with Crippen molar-refractivity contribution in [2.24, 2.45) is 0 Å². The van der Waals surface area contributed by atoms with Crippen molar-refractivity contribution in [3.8, 4) is 17.0 Å². The molecule has 1 aliphatic carbocycles. The average molecular weight is 375 g/mol. The molecule has 0 saturated heterocycles. The molecule has 1 N–H and O–H groups in total. The van der Waals surface area contributed by atoms with Crippen LogP contribution in [0.1, 0.15) is 41.4 Å². The molecular formula is C23H22FN3O. The predicted octanol–water partition coefficient (Wildman–Crippen LogP) is 4.42. The minimum absolute atomic E-state index is 0.205. The summed E-state index contributed by atoms with van der Waals surface area (Å²) in [7, 11) is 0. The van der Waals surface area contributed by atoms with Gasteiger partial charge < -0.3 is 5.11 Å². The third kappa shape index (κ3) is 3.50. The summed E-state index contributed by atoms with van der Waals surface area (Å²) in [5.41, 5.74) is 5.42. The number of aromatic nitrogens is 2. The van der Waals surface area contributed by atoms with Crippen LogP contribution in [0.25, 0.3) is 11.3 Å². The van der Waals surface area contributed by atoms with Crippen molar-refractivity contribution in [3.05, 3.63) is 77.0 Å². The highest BCUT2D eigenvalue weighted by molar-refractivity contribution is 5.65. The summed E-state index contributed by atoms with van der Waals surface area (Å²) in [6.45, 7) is 2.48. The molecule has 0 atom stereocenters. The van der Waals surface area contributed by atoms with Gasteiger partial charge in [-0.15, -0.1) is 0 Å². The number of fused-ring (bicyclic) bond motifs is 1. The number of hydrogen-bond acceptors (Lipinski definition) is 4. The van der Waals surface area contributed by atoms with Crippen LogP contribution in [0.15, 0.2) is 48.5 Å². The van der Waals surface area contributed by atoms with E-state index in [0.717, 1.165) is 54.4 Å². The Morgan fingerprint density at radius 2 is 1.75 bits per heavy atom. The van der Waals surface area contributed by atoms with Crippen molar-refractivity contribution in [1.29, 1.82) is 0 Å². The molecule has 1 aliphatic heterocycles. The minimum atomic E-state index is -0.205. The summed E-state index contributed by atoms with van der Waals surface area (Å²) in [4.78, 5) is 12.2. The van der Waals surface area contributed by atoms with Gasteiger partial charge in [-0.2, -0.15) is 0 Å². The first-order valence-corrected chi connectivity index (χ1v) is 9.81. The first-order valence-electron chi connectivity index (χ1n) is 9.81. The monoisotopic (exact) mass is 375 g/mol. The Morgan fingerprint density at radius 3 is 2.46 bits per heavy atom. The van der Waals surface area contributed by atoms with Crippen LogP contribution in [-0.4, -0.2) is 26.5 Å². The van der Waals surface area contributed by atoms with Gasteiger partial charge >= 0.3 is 0 Å². The minimum Gasteiger partial charge on any atom is -0.508 e. The molecule has 5 rings (SSSR count). The summed E-state index contributed by atoms with van der Waals surface area (Å²) in [6, 6.07) is 14.0. The molecule has 3 aromatic rings. The van der Waals surface area contributed by atoms with Gasteiger partial charge in [0.2, 0.25) is 0 Å². The van der Waals surface area contributed by atoms with E-state index >= 15 is 0 Å². The Morgan fingerprint density at radius 1 is 1.00 bits per heavy atom. The highest BCUT2D eigenvalue weighted by Gasteiger charge is 2.30. The van der Waals surface area contributed by atoms with Crippen molar-refractivity contribution in [2.75, 3.05) is 6.54 Å². The first kappa shape index (κ1) is 17.3.